The third-order valence-electron chi connectivity index (χ3n) is 1.07. The molecule has 9 heavy (non-hydrogen) atoms. The van der Waals surface area contributed by atoms with Gasteiger partial charge in [-0.15, -0.1) is 18.1 Å². The Morgan fingerprint density at radius 1 is 1.44 bits per heavy atom. The van der Waals surface area contributed by atoms with Crippen LogP contribution in [-0.4, -0.2) is 0 Å². The molecule has 0 nitrogen and oxygen atoms in total. The van der Waals surface area contributed by atoms with Gasteiger partial charge >= 0.3 is 18.9 Å². The van der Waals surface area contributed by atoms with E-state index < -0.39 is 0 Å². The molecule has 0 atom stereocenters. The van der Waals surface area contributed by atoms with Gasteiger partial charge in [0, 0.05) is 0 Å². The summed E-state index contributed by atoms with van der Waals surface area (Å²) < 4.78 is 0. The molecule has 0 saturated heterocycles. The first-order valence-corrected chi connectivity index (χ1v) is 2.59. The molecule has 0 N–H and O–H groups in total. The molecule has 0 saturated carbocycles. The second kappa shape index (κ2) is 4.39. The van der Waals surface area contributed by atoms with Gasteiger partial charge in [0.05, 0.1) is 0 Å². The Balaban J connectivity index is 0.000000640. The van der Waals surface area contributed by atoms with Crippen LogP contribution in [0.3, 0.4) is 0 Å². The molecule has 1 aliphatic carbocycles. The van der Waals surface area contributed by atoms with Gasteiger partial charge in [-0.1, -0.05) is 0 Å². The van der Waals surface area contributed by atoms with Gasteiger partial charge in [0.1, 0.15) is 0 Å². The first-order valence-electron chi connectivity index (χ1n) is 2.59. The fourth-order valence-corrected chi connectivity index (χ4v) is 0.620. The van der Waals surface area contributed by atoms with Crippen LogP contribution in [0.15, 0.2) is 24.3 Å². The van der Waals surface area contributed by atoms with Gasteiger partial charge in [-0.2, -0.15) is 12.2 Å². The van der Waals surface area contributed by atoms with Crippen LogP contribution in [-0.2, 0) is 0 Å². The van der Waals surface area contributed by atoms with Crippen LogP contribution in [0.25, 0.3) is 0 Å². The molecule has 1 aliphatic rings. The fraction of sp³-hybridized carbons (Fsp3) is 0.125. The Hall–Kier alpha value is -0.493. The number of hydrogen-bond donors (Lipinski definition) is 0. The van der Waals surface area contributed by atoms with Gasteiger partial charge in [-0.25, -0.2) is 5.92 Å². The summed E-state index contributed by atoms with van der Waals surface area (Å²) in [4.78, 5) is 0. The van der Waals surface area contributed by atoms with Gasteiger partial charge in [0.15, 0.2) is 0 Å². The largest absolute Gasteiger partial charge is 1.00 e. The molecule has 0 bridgehead atoms. The SMILES string of the molecule is C#C[C-]1C=CC=CC1.[Li+]. The van der Waals surface area contributed by atoms with Crippen LogP contribution in [0.4, 0.5) is 0 Å². The molecular formula is C8H7Li. The molecule has 0 aromatic rings. The topological polar surface area (TPSA) is 0 Å². The van der Waals surface area contributed by atoms with Crippen molar-refractivity contribution in [1.82, 2.24) is 0 Å². The number of rotatable bonds is 0. The second-order valence-electron chi connectivity index (χ2n) is 1.66. The van der Waals surface area contributed by atoms with Crippen molar-refractivity contribution in [3.8, 4) is 12.3 Å². The zero-order chi connectivity index (χ0) is 5.82. The van der Waals surface area contributed by atoms with Crippen molar-refractivity contribution in [2.24, 2.45) is 0 Å². The molecule has 0 amide bonds. The maximum atomic E-state index is 5.13. The van der Waals surface area contributed by atoms with E-state index in [1.54, 1.807) is 0 Å². The van der Waals surface area contributed by atoms with Crippen molar-refractivity contribution < 1.29 is 18.9 Å². The van der Waals surface area contributed by atoms with Gasteiger partial charge in [0.25, 0.3) is 0 Å². The van der Waals surface area contributed by atoms with E-state index in [4.69, 9.17) is 6.42 Å². The summed E-state index contributed by atoms with van der Waals surface area (Å²) in [6.45, 7) is 0. The molecule has 1 rings (SSSR count). The standard InChI is InChI=1S/C8H7.Li/c1-2-8-6-4-3-5-7-8;/h1,3-6H,7H2;/q-1;+1. The van der Waals surface area contributed by atoms with Gasteiger partial charge < -0.3 is 0 Å². The molecule has 0 spiro atoms. The summed E-state index contributed by atoms with van der Waals surface area (Å²) in [5.41, 5.74) is 0. The Labute approximate surface area is 68.2 Å². The average Bonchev–Trinajstić information content (AvgIpc) is 1.90. The van der Waals surface area contributed by atoms with E-state index >= 15 is 0 Å². The van der Waals surface area contributed by atoms with Crippen LogP contribution in [0.1, 0.15) is 6.42 Å². The van der Waals surface area contributed by atoms with Crippen LogP contribution in [0.2, 0.25) is 0 Å². The van der Waals surface area contributed by atoms with E-state index in [1.165, 1.54) is 0 Å². The Kier molecular flexibility index (Phi) is 4.15. The van der Waals surface area contributed by atoms with Crippen molar-refractivity contribution in [2.75, 3.05) is 0 Å². The van der Waals surface area contributed by atoms with E-state index in [2.05, 4.69) is 12.0 Å². The second-order valence-corrected chi connectivity index (χ2v) is 1.66. The molecule has 1 heteroatoms. The number of hydrogen-bond acceptors (Lipinski definition) is 0. The minimum atomic E-state index is 0. The van der Waals surface area contributed by atoms with Crippen LogP contribution < -0.4 is 18.9 Å². The predicted octanol–water partition coefficient (Wildman–Crippen LogP) is -1.29. The Morgan fingerprint density at radius 2 is 2.22 bits per heavy atom. The van der Waals surface area contributed by atoms with Crippen molar-refractivity contribution >= 4 is 0 Å². The van der Waals surface area contributed by atoms with Crippen molar-refractivity contribution in [3.63, 3.8) is 0 Å². The minimum absolute atomic E-state index is 0. The Bertz CT molecular complexity index is 160. The summed E-state index contributed by atoms with van der Waals surface area (Å²) >= 11 is 0. The monoisotopic (exact) mass is 110 g/mol. The normalized spacial score (nSPS) is 14.3. The molecule has 0 aromatic carbocycles. The summed E-state index contributed by atoms with van der Waals surface area (Å²) in [6.07, 6.45) is 14.0. The summed E-state index contributed by atoms with van der Waals surface area (Å²) in [7, 11) is 0. The quantitative estimate of drug-likeness (QED) is 0.207. The summed E-state index contributed by atoms with van der Waals surface area (Å²) in [5, 5.41) is 0. The molecule has 0 aliphatic heterocycles. The van der Waals surface area contributed by atoms with Crippen LogP contribution in [0.5, 0.6) is 0 Å². The maximum Gasteiger partial charge on any atom is 1.00 e. The van der Waals surface area contributed by atoms with E-state index in [1.807, 2.05) is 18.2 Å². The molecule has 0 radical (unpaired) electrons. The van der Waals surface area contributed by atoms with E-state index in [9.17, 15) is 0 Å². The zero-order valence-corrected chi connectivity index (χ0v) is 5.59. The van der Waals surface area contributed by atoms with Gasteiger partial charge in [0.2, 0.25) is 0 Å². The van der Waals surface area contributed by atoms with E-state index in [0.717, 1.165) is 12.3 Å². The van der Waals surface area contributed by atoms with Crippen molar-refractivity contribution in [3.05, 3.63) is 30.2 Å². The Morgan fingerprint density at radius 3 is 2.56 bits per heavy atom. The van der Waals surface area contributed by atoms with E-state index in [-0.39, 0.29) is 18.9 Å². The smallest absolute Gasteiger partial charge is 0.266 e. The first-order chi connectivity index (χ1) is 3.93. The number of allylic oxidation sites excluding steroid dienone is 4. The molecule has 40 valence electrons. The third kappa shape index (κ3) is 2.52. The van der Waals surface area contributed by atoms with Crippen LogP contribution in [0, 0.1) is 18.3 Å². The maximum absolute atomic E-state index is 5.13. The molecule has 0 heterocycles. The molecular weight excluding hydrogens is 103 g/mol. The molecule has 0 unspecified atom stereocenters. The van der Waals surface area contributed by atoms with Gasteiger partial charge in [-0.3, -0.25) is 6.42 Å². The van der Waals surface area contributed by atoms with Crippen molar-refractivity contribution in [1.29, 1.82) is 0 Å². The first kappa shape index (κ1) is 8.51. The summed E-state index contributed by atoms with van der Waals surface area (Å²) in [6, 6.07) is 0. The molecule has 0 aromatic heterocycles. The van der Waals surface area contributed by atoms with Crippen LogP contribution >= 0.6 is 0 Å². The summed E-state index contributed by atoms with van der Waals surface area (Å²) in [5.74, 6) is 3.65. The van der Waals surface area contributed by atoms with Gasteiger partial charge in [-0.05, 0) is 6.42 Å². The average molecular weight is 110 g/mol. The minimum Gasteiger partial charge on any atom is -0.266 e. The van der Waals surface area contributed by atoms with E-state index in [0.29, 0.717) is 0 Å². The predicted molar refractivity (Wildman–Crippen MR) is 35.0 cm³/mol. The third-order valence-corrected chi connectivity index (χ3v) is 1.07. The fourth-order valence-electron chi connectivity index (χ4n) is 0.620. The zero-order valence-electron chi connectivity index (χ0n) is 5.59. The number of terminal acetylenes is 1. The molecule has 0 fully saturated rings. The van der Waals surface area contributed by atoms with Crippen molar-refractivity contribution in [2.45, 2.75) is 6.42 Å².